The normalized spacial score (nSPS) is 13.6. The molecule has 1 atom stereocenters. The Hall–Kier alpha value is -0.520. The summed E-state index contributed by atoms with van der Waals surface area (Å²) in [4.78, 5) is 0. The number of sulfonamides is 1. The minimum absolute atomic E-state index is 0.448. The number of thioether (sulfide) groups is 1. The van der Waals surface area contributed by atoms with E-state index in [9.17, 15) is 8.42 Å². The largest absolute Gasteiger partial charge is 0.228 e. The van der Waals surface area contributed by atoms with Crippen LogP contribution in [0.3, 0.4) is 0 Å². The maximum Gasteiger partial charge on any atom is 0.211 e. The third-order valence-electron chi connectivity index (χ3n) is 2.34. The monoisotopic (exact) mass is 259 g/mol. The summed E-state index contributed by atoms with van der Waals surface area (Å²) in [5, 5.41) is 4.59. The fourth-order valence-electron chi connectivity index (χ4n) is 1.18. The molecule has 2 N–H and O–H groups in total. The zero-order valence-electron chi connectivity index (χ0n) is 9.30. The van der Waals surface area contributed by atoms with Gasteiger partial charge in [-0.05, 0) is 24.7 Å². The van der Waals surface area contributed by atoms with Crippen LogP contribution in [0.1, 0.15) is 18.9 Å². The lowest BCUT2D eigenvalue weighted by atomic mass is 10.2. The van der Waals surface area contributed by atoms with Gasteiger partial charge in [-0.3, -0.25) is 0 Å². The summed E-state index contributed by atoms with van der Waals surface area (Å²) in [6.45, 7) is 1.65. The van der Waals surface area contributed by atoms with Crippen LogP contribution in [0.15, 0.2) is 30.3 Å². The van der Waals surface area contributed by atoms with Crippen LogP contribution < -0.4 is 5.14 Å². The predicted octanol–water partition coefficient (Wildman–Crippen LogP) is 1.99. The third kappa shape index (κ3) is 5.01. The van der Waals surface area contributed by atoms with Gasteiger partial charge in [0.1, 0.15) is 0 Å². The van der Waals surface area contributed by atoms with Gasteiger partial charge in [-0.15, -0.1) is 0 Å². The Morgan fingerprint density at radius 2 is 1.94 bits per heavy atom. The van der Waals surface area contributed by atoms with Crippen molar-refractivity contribution in [3.8, 4) is 0 Å². The first-order valence-corrected chi connectivity index (χ1v) is 7.90. The van der Waals surface area contributed by atoms with E-state index < -0.39 is 15.3 Å². The highest BCUT2D eigenvalue weighted by Gasteiger charge is 2.14. The van der Waals surface area contributed by atoms with Gasteiger partial charge in [-0.2, -0.15) is 11.8 Å². The molecule has 1 rings (SSSR count). The van der Waals surface area contributed by atoms with Crippen molar-refractivity contribution in [3.05, 3.63) is 35.9 Å². The van der Waals surface area contributed by atoms with Crippen LogP contribution in [0.2, 0.25) is 0 Å². The van der Waals surface area contributed by atoms with Crippen molar-refractivity contribution in [2.75, 3.05) is 5.75 Å². The summed E-state index contributed by atoms with van der Waals surface area (Å²) in [5.74, 6) is 1.73. The molecule has 0 radical (unpaired) electrons. The van der Waals surface area contributed by atoms with Gasteiger partial charge >= 0.3 is 0 Å². The Labute approximate surface area is 101 Å². The van der Waals surface area contributed by atoms with Crippen molar-refractivity contribution < 1.29 is 8.42 Å². The minimum Gasteiger partial charge on any atom is -0.228 e. The number of hydrogen-bond donors (Lipinski definition) is 1. The molecule has 1 aromatic rings. The number of hydrogen-bond acceptors (Lipinski definition) is 3. The second-order valence-electron chi connectivity index (χ2n) is 3.73. The Morgan fingerprint density at radius 3 is 2.50 bits per heavy atom. The molecule has 0 saturated carbocycles. The van der Waals surface area contributed by atoms with E-state index in [1.807, 2.05) is 18.2 Å². The summed E-state index contributed by atoms with van der Waals surface area (Å²) in [5.41, 5.74) is 1.26. The number of primary sulfonamides is 1. The van der Waals surface area contributed by atoms with Crippen LogP contribution in [0.4, 0.5) is 0 Å². The van der Waals surface area contributed by atoms with E-state index in [0.717, 1.165) is 11.5 Å². The fourth-order valence-corrected chi connectivity index (χ4v) is 2.87. The van der Waals surface area contributed by atoms with Crippen molar-refractivity contribution >= 4 is 21.8 Å². The topological polar surface area (TPSA) is 60.2 Å². The van der Waals surface area contributed by atoms with E-state index in [1.165, 1.54) is 5.56 Å². The van der Waals surface area contributed by atoms with Gasteiger partial charge in [0, 0.05) is 5.75 Å². The van der Waals surface area contributed by atoms with Crippen LogP contribution in [-0.4, -0.2) is 19.4 Å². The van der Waals surface area contributed by atoms with Crippen LogP contribution in [0.25, 0.3) is 0 Å². The second-order valence-corrected chi connectivity index (χ2v) is 6.81. The van der Waals surface area contributed by atoms with E-state index in [2.05, 4.69) is 12.1 Å². The molecule has 1 unspecified atom stereocenters. The molecule has 90 valence electrons. The zero-order chi connectivity index (χ0) is 12.0. The van der Waals surface area contributed by atoms with Crippen molar-refractivity contribution in [3.63, 3.8) is 0 Å². The lowest BCUT2D eigenvalue weighted by molar-refractivity contribution is 0.583. The van der Waals surface area contributed by atoms with Crippen LogP contribution >= 0.6 is 11.8 Å². The van der Waals surface area contributed by atoms with Gasteiger partial charge in [0.15, 0.2) is 0 Å². The van der Waals surface area contributed by atoms with Gasteiger partial charge in [-0.25, -0.2) is 13.6 Å². The van der Waals surface area contributed by atoms with E-state index in [0.29, 0.717) is 6.42 Å². The molecule has 0 saturated heterocycles. The van der Waals surface area contributed by atoms with Gasteiger partial charge in [0.25, 0.3) is 0 Å². The van der Waals surface area contributed by atoms with Crippen LogP contribution in [-0.2, 0) is 15.8 Å². The molecular weight excluding hydrogens is 242 g/mol. The summed E-state index contributed by atoms with van der Waals surface area (Å²) in [6.07, 6.45) is 0.607. The molecule has 0 aromatic heterocycles. The van der Waals surface area contributed by atoms with Crippen molar-refractivity contribution in [1.82, 2.24) is 0 Å². The lowest BCUT2D eigenvalue weighted by Gasteiger charge is -2.08. The molecule has 5 heteroatoms. The summed E-state index contributed by atoms with van der Waals surface area (Å²) in [6, 6.07) is 10.1. The smallest absolute Gasteiger partial charge is 0.211 e. The molecule has 0 fully saturated rings. The molecule has 0 amide bonds. The van der Waals surface area contributed by atoms with E-state index >= 15 is 0 Å². The van der Waals surface area contributed by atoms with E-state index in [1.54, 1.807) is 18.7 Å². The predicted molar refractivity (Wildman–Crippen MR) is 69.8 cm³/mol. The van der Waals surface area contributed by atoms with Crippen molar-refractivity contribution in [2.45, 2.75) is 24.3 Å². The SMILES string of the molecule is CC(CCSCc1ccccc1)S(N)(=O)=O. The van der Waals surface area contributed by atoms with Crippen LogP contribution in [0.5, 0.6) is 0 Å². The molecule has 0 bridgehead atoms. The molecule has 0 aliphatic carbocycles. The van der Waals surface area contributed by atoms with Crippen molar-refractivity contribution in [2.24, 2.45) is 5.14 Å². The average Bonchev–Trinajstić information content (AvgIpc) is 2.24. The summed E-state index contributed by atoms with van der Waals surface area (Å²) in [7, 11) is -3.36. The van der Waals surface area contributed by atoms with Gasteiger partial charge in [0.2, 0.25) is 10.0 Å². The van der Waals surface area contributed by atoms with Gasteiger partial charge in [0.05, 0.1) is 5.25 Å². The number of benzene rings is 1. The Bertz CT molecular complexity index is 403. The molecular formula is C11H17NO2S2. The Morgan fingerprint density at radius 1 is 1.31 bits per heavy atom. The summed E-state index contributed by atoms with van der Waals surface area (Å²) >= 11 is 1.73. The number of rotatable bonds is 6. The minimum atomic E-state index is -3.36. The lowest BCUT2D eigenvalue weighted by Crippen LogP contribution is -2.26. The Kier molecular flexibility index (Phi) is 5.31. The maximum atomic E-state index is 11.0. The molecule has 1 aromatic carbocycles. The van der Waals surface area contributed by atoms with E-state index in [4.69, 9.17) is 5.14 Å². The van der Waals surface area contributed by atoms with E-state index in [-0.39, 0.29) is 0 Å². The zero-order valence-corrected chi connectivity index (χ0v) is 10.9. The molecule has 16 heavy (non-hydrogen) atoms. The highest BCUT2D eigenvalue weighted by molar-refractivity contribution is 7.98. The number of nitrogens with two attached hydrogens (primary N) is 1. The first kappa shape index (κ1) is 13.5. The highest BCUT2D eigenvalue weighted by Crippen LogP contribution is 2.14. The molecule has 0 spiro atoms. The molecule has 0 aliphatic rings. The quantitative estimate of drug-likeness (QED) is 0.795. The van der Waals surface area contributed by atoms with Crippen molar-refractivity contribution in [1.29, 1.82) is 0 Å². The summed E-state index contributed by atoms with van der Waals surface area (Å²) < 4.78 is 21.9. The standard InChI is InChI=1S/C11H17NO2S2/c1-10(16(12,13)14)7-8-15-9-11-5-3-2-4-6-11/h2-6,10H,7-9H2,1H3,(H2,12,13,14). The molecule has 3 nitrogen and oxygen atoms in total. The third-order valence-corrected chi connectivity index (χ3v) is 4.76. The first-order chi connectivity index (χ1) is 7.50. The maximum absolute atomic E-state index is 11.0. The Balaban J connectivity index is 2.23. The highest BCUT2D eigenvalue weighted by atomic mass is 32.2. The van der Waals surface area contributed by atoms with Gasteiger partial charge < -0.3 is 0 Å². The van der Waals surface area contributed by atoms with Gasteiger partial charge in [-0.1, -0.05) is 30.3 Å². The fraction of sp³-hybridized carbons (Fsp3) is 0.455. The average molecular weight is 259 g/mol. The first-order valence-electron chi connectivity index (χ1n) is 5.13. The second kappa shape index (κ2) is 6.27. The van der Waals surface area contributed by atoms with Crippen LogP contribution in [0, 0.1) is 0 Å². The molecule has 0 aliphatic heterocycles. The molecule has 0 heterocycles.